The summed E-state index contributed by atoms with van der Waals surface area (Å²) in [5.74, 6) is 2.86. The van der Waals surface area contributed by atoms with Gasteiger partial charge in [-0.3, -0.25) is 9.67 Å². The summed E-state index contributed by atoms with van der Waals surface area (Å²) in [6.07, 6.45) is 14.1. The third kappa shape index (κ3) is 21.0. The van der Waals surface area contributed by atoms with Crippen molar-refractivity contribution in [3.05, 3.63) is 327 Å². The number of imidazole rings is 4. The fourth-order valence-corrected chi connectivity index (χ4v) is 13.6. The number of rotatable bonds is 0. The number of aryl methyl sites for hydroxylation is 25. The highest BCUT2D eigenvalue weighted by atomic mass is 16.3. The molecule has 0 aliphatic carbocycles. The van der Waals surface area contributed by atoms with Crippen LogP contribution in [-0.4, -0.2) is 80.9 Å². The molecule has 20 rings (SSSR count). The number of pyridine rings is 4. The molecule has 590 valence electrons. The van der Waals surface area contributed by atoms with Crippen molar-refractivity contribution in [1.29, 1.82) is 0 Å². The minimum atomic E-state index is 0.727. The van der Waals surface area contributed by atoms with Crippen molar-refractivity contribution in [1.82, 2.24) is 80.9 Å². The van der Waals surface area contributed by atoms with Crippen molar-refractivity contribution in [3.63, 3.8) is 0 Å². The Morgan fingerprint density at radius 1 is 0.278 bits per heavy atom. The zero-order chi connectivity index (χ0) is 82.8. The van der Waals surface area contributed by atoms with Crippen LogP contribution in [0.5, 0.6) is 0 Å². The van der Waals surface area contributed by atoms with E-state index in [0.29, 0.717) is 0 Å². The Morgan fingerprint density at radius 2 is 0.783 bits per heavy atom. The molecule has 0 radical (unpaired) electrons. The number of hydrogen-bond acceptors (Lipinski definition) is 9. The number of nitrogens with zero attached hydrogens (tertiary/aromatic N) is 17. The van der Waals surface area contributed by atoms with Gasteiger partial charge in [0.2, 0.25) is 0 Å². The lowest BCUT2D eigenvalue weighted by Crippen LogP contribution is -1.90. The van der Waals surface area contributed by atoms with Gasteiger partial charge < -0.3 is 36.1 Å². The molecular formula is C97H111N17O. The van der Waals surface area contributed by atoms with Crippen LogP contribution in [0.1, 0.15) is 107 Å². The SMILES string of the molecule is Cc1cc2cc(C)n(C)c2cn1.Cc1ccc2c(c1)cc(C)n2C.Cc1ccc2c(c1)nc(C)n2C.Cc1ccc2cc(C)n(C)c2c1.Cc1ccc2nc(C)cn2c1.Cc1ccc2nc(C)n(C)c2c1.Cc1ccc2nc(C)oc2c1.Cc1ccc2nn(C)cc2c1.Cc1ccn2cc(C)nc2c1.Cc1ccn2nc(C)cc2c1. The van der Waals surface area contributed by atoms with Crippen molar-refractivity contribution < 1.29 is 4.42 Å². The van der Waals surface area contributed by atoms with Crippen LogP contribution in [0, 0.1) is 132 Å². The third-order valence-electron chi connectivity index (χ3n) is 20.3. The Morgan fingerprint density at radius 3 is 1.48 bits per heavy atom. The van der Waals surface area contributed by atoms with Gasteiger partial charge in [-0.2, -0.15) is 10.2 Å². The van der Waals surface area contributed by atoms with Gasteiger partial charge in [0.05, 0.1) is 61.9 Å². The van der Waals surface area contributed by atoms with Gasteiger partial charge in [-0.05, 0) is 296 Å². The Bertz CT molecular complexity index is 6020. The third-order valence-corrected chi connectivity index (χ3v) is 20.3. The first kappa shape index (κ1) is 83.0. The molecule has 0 bridgehead atoms. The van der Waals surface area contributed by atoms with Crippen molar-refractivity contribution in [2.24, 2.45) is 42.3 Å². The number of hydrogen-bond donors (Lipinski definition) is 0. The van der Waals surface area contributed by atoms with E-state index in [4.69, 9.17) is 4.42 Å². The fraction of sp³-hybridized carbons (Fsp3) is 0.258. The van der Waals surface area contributed by atoms with Gasteiger partial charge in [-0.25, -0.2) is 29.4 Å². The second kappa shape index (κ2) is 36.2. The van der Waals surface area contributed by atoms with Crippen LogP contribution in [0.4, 0.5) is 0 Å². The van der Waals surface area contributed by atoms with Crippen LogP contribution >= 0.6 is 0 Å². The molecule has 115 heavy (non-hydrogen) atoms. The number of aromatic nitrogens is 17. The topological polar surface area (TPSA) is 159 Å². The standard InChI is InChI=1S/2C11H13N.3C10H12N2.4C9H10N2.C9H9NO/c1-8-4-5-11-10(6-8)7-9(2)12(11)3;1-8-4-5-10-7-9(2)12(3)11(10)6-8;1-7-4-9-5-8(2)12(3)10(9)6-11-7;1-7-4-5-10-9(6-7)11-8(2)12(10)3;1-7-4-5-9-10(6-7)12(3)8(2)11-9;1-7-3-4-9-8(5-7)6-11(2)10-9;1-7-3-4-11-6-8(2)10-9(11)5-7;1-7-3-4-11-9(5-7)6-8(2)10-11;1-7-3-4-9-10-8(2)6-11(9)5-7;1-6-3-4-8-9(5-6)11-7(2)10-8/h2*4-7H,1-3H3;3*4-6H,1-3H3;4*3-6H,1-2H3;3-5H,1-2H3. The minimum absolute atomic E-state index is 0.727. The van der Waals surface area contributed by atoms with Crippen molar-refractivity contribution in [3.8, 4) is 0 Å². The first-order valence-corrected chi connectivity index (χ1v) is 38.9. The Labute approximate surface area is 675 Å². The van der Waals surface area contributed by atoms with Gasteiger partial charge in [0, 0.05) is 136 Å². The maximum Gasteiger partial charge on any atom is 0.192 e. The number of fused-ring (bicyclic) bond motifs is 10. The van der Waals surface area contributed by atoms with Crippen LogP contribution in [0.3, 0.4) is 0 Å². The van der Waals surface area contributed by atoms with E-state index in [2.05, 4.69) is 312 Å². The zero-order valence-electron chi connectivity index (χ0n) is 71.8. The summed E-state index contributed by atoms with van der Waals surface area (Å²) >= 11 is 0. The predicted octanol–water partition coefficient (Wildman–Crippen LogP) is 22.3. The largest absolute Gasteiger partial charge is 0.441 e. The smallest absolute Gasteiger partial charge is 0.192 e. The summed E-state index contributed by atoms with van der Waals surface area (Å²) in [4.78, 5) is 26.0. The maximum absolute atomic E-state index is 5.34. The summed E-state index contributed by atoms with van der Waals surface area (Å²) in [5.41, 5.74) is 34.2. The molecule has 0 atom stereocenters. The Hall–Kier alpha value is -13.0. The summed E-state index contributed by atoms with van der Waals surface area (Å²) in [6, 6.07) is 61.3. The average molecular weight is 1530 g/mol. The molecule has 0 aliphatic rings. The van der Waals surface area contributed by atoms with Gasteiger partial charge in [0.25, 0.3) is 0 Å². The van der Waals surface area contributed by atoms with Crippen molar-refractivity contribution >= 4 is 93.6 Å². The normalized spacial score (nSPS) is 10.8. The molecule has 20 aromatic rings. The van der Waals surface area contributed by atoms with Crippen molar-refractivity contribution in [2.45, 2.75) is 132 Å². The van der Waals surface area contributed by atoms with Gasteiger partial charge in [0.15, 0.2) is 11.5 Å². The Kier molecular flexibility index (Phi) is 26.2. The number of oxazole rings is 1. The second-order valence-electron chi connectivity index (χ2n) is 30.6. The molecule has 0 amide bonds. The van der Waals surface area contributed by atoms with E-state index in [9.17, 15) is 0 Å². The molecule has 14 aromatic heterocycles. The van der Waals surface area contributed by atoms with Gasteiger partial charge in [-0.15, -0.1) is 0 Å². The molecule has 14 heterocycles. The molecule has 0 saturated heterocycles. The first-order valence-electron chi connectivity index (χ1n) is 38.9. The predicted molar refractivity (Wildman–Crippen MR) is 478 cm³/mol. The van der Waals surface area contributed by atoms with Crippen LogP contribution in [0.15, 0.2) is 224 Å². The minimum Gasteiger partial charge on any atom is -0.441 e. The molecule has 0 saturated carbocycles. The lowest BCUT2D eigenvalue weighted by molar-refractivity contribution is 0.561. The average Bonchev–Trinajstić information content (AvgIpc) is 1.67. The van der Waals surface area contributed by atoms with E-state index in [1.807, 2.05) is 162 Å². The fourth-order valence-electron chi connectivity index (χ4n) is 13.6. The Balaban J connectivity index is 0.000000126. The highest BCUT2D eigenvalue weighted by Crippen LogP contribution is 2.24. The molecule has 0 unspecified atom stereocenters. The van der Waals surface area contributed by atoms with E-state index in [0.717, 1.165) is 79.3 Å². The highest BCUT2D eigenvalue weighted by molar-refractivity contribution is 5.84. The molecule has 0 fully saturated rings. The summed E-state index contributed by atoms with van der Waals surface area (Å²) in [7, 11) is 12.3. The van der Waals surface area contributed by atoms with Crippen LogP contribution in [-0.2, 0) is 42.3 Å². The summed E-state index contributed by atoms with van der Waals surface area (Å²) in [5, 5.41) is 13.7. The van der Waals surface area contributed by atoms with Gasteiger partial charge >= 0.3 is 0 Å². The molecule has 0 N–H and O–H groups in total. The van der Waals surface area contributed by atoms with Gasteiger partial charge in [-0.1, -0.05) is 59.7 Å². The van der Waals surface area contributed by atoms with Crippen LogP contribution < -0.4 is 0 Å². The van der Waals surface area contributed by atoms with Crippen LogP contribution in [0.25, 0.3) is 93.6 Å². The molecule has 18 nitrogen and oxygen atoms in total. The summed E-state index contributed by atoms with van der Waals surface area (Å²) < 4.78 is 24.0. The van der Waals surface area contributed by atoms with E-state index >= 15 is 0 Å². The maximum atomic E-state index is 5.34. The number of benzene rings is 6. The van der Waals surface area contributed by atoms with Crippen molar-refractivity contribution in [2.75, 3.05) is 0 Å². The summed E-state index contributed by atoms with van der Waals surface area (Å²) in [6.45, 7) is 39.1. The lowest BCUT2D eigenvalue weighted by atomic mass is 10.2. The quantitative estimate of drug-likeness (QED) is 0.144. The highest BCUT2D eigenvalue weighted by Gasteiger charge is 2.08. The van der Waals surface area contributed by atoms with Crippen LogP contribution in [0.2, 0.25) is 0 Å². The monoisotopic (exact) mass is 1530 g/mol. The molecule has 18 heteroatoms. The molecule has 6 aromatic carbocycles. The molecule has 0 aliphatic heterocycles. The second-order valence-corrected chi connectivity index (χ2v) is 30.6. The van der Waals surface area contributed by atoms with E-state index < -0.39 is 0 Å². The van der Waals surface area contributed by atoms with E-state index in [-0.39, 0.29) is 0 Å². The first-order chi connectivity index (χ1) is 54.7. The molecule has 0 spiro atoms. The molecular weight excluding hydrogens is 1420 g/mol. The zero-order valence-corrected chi connectivity index (χ0v) is 71.8. The van der Waals surface area contributed by atoms with Gasteiger partial charge in [0.1, 0.15) is 28.5 Å². The van der Waals surface area contributed by atoms with E-state index in [1.165, 1.54) is 122 Å². The van der Waals surface area contributed by atoms with E-state index in [1.54, 1.807) is 0 Å². The lowest BCUT2D eigenvalue weighted by Gasteiger charge is -1.98.